The highest BCUT2D eigenvalue weighted by atomic mass is 35.7. The molecule has 19 heavy (non-hydrogen) atoms. The van der Waals surface area contributed by atoms with Crippen LogP contribution in [0.5, 0.6) is 0 Å². The first-order chi connectivity index (χ1) is 8.70. The van der Waals surface area contributed by atoms with Crippen molar-refractivity contribution >= 4 is 0 Å². The van der Waals surface area contributed by atoms with Crippen molar-refractivity contribution in [2.45, 2.75) is 6.92 Å². The monoisotopic (exact) mass is 286 g/mol. The van der Waals surface area contributed by atoms with Gasteiger partial charge >= 0.3 is 0 Å². The highest BCUT2D eigenvalue weighted by Crippen LogP contribution is 2.15. The van der Waals surface area contributed by atoms with E-state index in [2.05, 4.69) is 60.7 Å². The quantitative estimate of drug-likeness (QED) is 0.524. The predicted molar refractivity (Wildman–Crippen MR) is 56.8 cm³/mol. The van der Waals surface area contributed by atoms with Crippen molar-refractivity contribution in [2.75, 3.05) is 0 Å². The summed E-state index contributed by atoms with van der Waals surface area (Å²) in [7, 11) is -0.795. The van der Waals surface area contributed by atoms with E-state index in [0.717, 1.165) is 0 Å². The van der Waals surface area contributed by atoms with Crippen molar-refractivity contribution in [3.8, 4) is 11.3 Å². The smallest absolute Gasteiger partial charge is 0.222 e. The number of halogens is 1. The standard InChI is InChI=1S/C12H15N2.ClHO4/c1-10-9-12(14(3)13(10)2)11-7-5-4-6-8-11;2-1(3,4)5/h4-9H,1-3H3;(H,2,3,4,5)/q+1;/p-1. The Hall–Kier alpha value is -1.44. The van der Waals surface area contributed by atoms with Gasteiger partial charge in [0.15, 0.2) is 7.05 Å². The number of rotatable bonds is 1. The molecule has 1 heterocycles. The molecule has 0 radical (unpaired) electrons. The first-order valence-electron chi connectivity index (χ1n) is 5.40. The predicted octanol–water partition coefficient (Wildman–Crippen LogP) is -2.93. The fourth-order valence-electron chi connectivity index (χ4n) is 1.66. The van der Waals surface area contributed by atoms with Crippen LogP contribution in [0.1, 0.15) is 5.69 Å². The van der Waals surface area contributed by atoms with Crippen molar-refractivity contribution < 1.29 is 33.6 Å². The van der Waals surface area contributed by atoms with E-state index < -0.39 is 10.2 Å². The molecule has 0 aliphatic heterocycles. The van der Waals surface area contributed by atoms with Crippen molar-refractivity contribution in [3.63, 3.8) is 0 Å². The molecule has 1 aromatic carbocycles. The highest BCUT2D eigenvalue weighted by molar-refractivity contribution is 5.56. The minimum atomic E-state index is -4.94. The van der Waals surface area contributed by atoms with Crippen LogP contribution in [0.25, 0.3) is 11.3 Å². The Morgan fingerprint density at radius 3 is 1.89 bits per heavy atom. The molecule has 0 aliphatic rings. The molecule has 0 fully saturated rings. The van der Waals surface area contributed by atoms with Gasteiger partial charge in [-0.25, -0.2) is 18.6 Å². The Bertz CT molecular complexity index is 529. The second kappa shape index (κ2) is 6.14. The third kappa shape index (κ3) is 4.98. The zero-order valence-electron chi connectivity index (χ0n) is 10.9. The fourth-order valence-corrected chi connectivity index (χ4v) is 1.66. The SMILES string of the molecule is Cc1cc(-c2ccccc2)[n+](C)n1C.[O-][Cl+3]([O-])([O-])[O-]. The van der Waals surface area contributed by atoms with E-state index in [9.17, 15) is 0 Å². The molecule has 1 aromatic heterocycles. The van der Waals surface area contributed by atoms with Gasteiger partial charge in [0.2, 0.25) is 5.69 Å². The molecular weight excluding hydrogens is 272 g/mol. The molecule has 0 bridgehead atoms. The van der Waals surface area contributed by atoms with Crippen molar-refractivity contribution in [3.05, 3.63) is 42.1 Å². The topological polar surface area (TPSA) is 101 Å². The lowest BCUT2D eigenvalue weighted by molar-refractivity contribution is -2.00. The van der Waals surface area contributed by atoms with Crippen molar-refractivity contribution in [1.82, 2.24) is 4.68 Å². The summed E-state index contributed by atoms with van der Waals surface area (Å²) in [4.78, 5) is 0. The molecule has 0 saturated heterocycles. The summed E-state index contributed by atoms with van der Waals surface area (Å²) < 4.78 is 38.3. The zero-order valence-corrected chi connectivity index (χ0v) is 11.6. The van der Waals surface area contributed by atoms with Gasteiger partial charge in [-0.15, -0.1) is 14.9 Å². The average molecular weight is 287 g/mol. The number of benzene rings is 1. The van der Waals surface area contributed by atoms with Crippen LogP contribution in [0.4, 0.5) is 0 Å². The van der Waals surface area contributed by atoms with E-state index in [1.54, 1.807) is 0 Å². The lowest BCUT2D eigenvalue weighted by Gasteiger charge is -2.17. The highest BCUT2D eigenvalue weighted by Gasteiger charge is 2.15. The minimum Gasteiger partial charge on any atom is -0.222 e. The summed E-state index contributed by atoms with van der Waals surface area (Å²) in [6.45, 7) is 2.12. The van der Waals surface area contributed by atoms with Gasteiger partial charge in [0, 0.05) is 11.6 Å². The van der Waals surface area contributed by atoms with Crippen LogP contribution in [-0.2, 0) is 14.1 Å². The van der Waals surface area contributed by atoms with Crippen LogP contribution in [0.3, 0.4) is 0 Å². The molecular formula is C12H15ClN2O4. The van der Waals surface area contributed by atoms with Crippen LogP contribution in [-0.4, -0.2) is 4.68 Å². The Morgan fingerprint density at radius 1 is 1.05 bits per heavy atom. The molecule has 104 valence electrons. The van der Waals surface area contributed by atoms with Crippen LogP contribution < -0.4 is 23.3 Å². The van der Waals surface area contributed by atoms with E-state index in [0.29, 0.717) is 0 Å². The molecule has 2 aromatic rings. The number of aryl methyl sites for hydroxylation is 1. The minimum absolute atomic E-state index is 1.26. The first-order valence-corrected chi connectivity index (χ1v) is 6.63. The van der Waals surface area contributed by atoms with E-state index >= 15 is 0 Å². The first kappa shape index (κ1) is 15.6. The van der Waals surface area contributed by atoms with Gasteiger partial charge in [0.05, 0.1) is 12.7 Å². The maximum Gasteiger partial charge on any atom is 0.238 e. The van der Waals surface area contributed by atoms with Crippen LogP contribution in [0, 0.1) is 17.2 Å². The van der Waals surface area contributed by atoms with Gasteiger partial charge in [0.1, 0.15) is 0 Å². The van der Waals surface area contributed by atoms with E-state index in [1.807, 2.05) is 6.07 Å². The molecule has 0 saturated carbocycles. The molecule has 2 rings (SSSR count). The maximum atomic E-state index is 8.49. The van der Waals surface area contributed by atoms with Crippen LogP contribution in [0.15, 0.2) is 36.4 Å². The van der Waals surface area contributed by atoms with Gasteiger partial charge in [-0.1, -0.05) is 18.2 Å². The summed E-state index contributed by atoms with van der Waals surface area (Å²) >= 11 is 0. The average Bonchev–Trinajstić information content (AvgIpc) is 2.56. The molecule has 0 aliphatic carbocycles. The molecule has 0 N–H and O–H groups in total. The second-order valence-corrected chi connectivity index (χ2v) is 4.72. The molecule has 0 atom stereocenters. The van der Waals surface area contributed by atoms with Gasteiger partial charge < -0.3 is 0 Å². The third-order valence-corrected chi connectivity index (χ3v) is 2.72. The number of aromatic nitrogens is 2. The molecule has 0 unspecified atom stereocenters. The van der Waals surface area contributed by atoms with Gasteiger partial charge in [-0.2, -0.15) is 4.68 Å². The maximum absolute atomic E-state index is 8.49. The molecule has 0 amide bonds. The molecule has 7 heteroatoms. The molecule has 6 nitrogen and oxygen atoms in total. The fraction of sp³-hybridized carbons (Fsp3) is 0.250. The summed E-state index contributed by atoms with van der Waals surface area (Å²) in [6.07, 6.45) is 0. The van der Waals surface area contributed by atoms with Crippen LogP contribution >= 0.6 is 0 Å². The molecule has 0 spiro atoms. The van der Waals surface area contributed by atoms with Crippen molar-refractivity contribution in [1.29, 1.82) is 0 Å². The van der Waals surface area contributed by atoms with E-state index in [-0.39, 0.29) is 0 Å². The van der Waals surface area contributed by atoms with Gasteiger partial charge in [-0.05, 0) is 19.1 Å². The largest absolute Gasteiger partial charge is 0.238 e. The Labute approximate surface area is 113 Å². The van der Waals surface area contributed by atoms with Gasteiger partial charge in [0.25, 0.3) is 0 Å². The Kier molecular flexibility index (Phi) is 5.04. The number of hydrogen-bond donors (Lipinski definition) is 0. The summed E-state index contributed by atoms with van der Waals surface area (Å²) in [5, 5.41) is 0. The lowest BCUT2D eigenvalue weighted by Crippen LogP contribution is -2.68. The Balaban J connectivity index is 0.000000312. The zero-order chi connectivity index (χ0) is 14.6. The summed E-state index contributed by atoms with van der Waals surface area (Å²) in [6, 6.07) is 12.6. The summed E-state index contributed by atoms with van der Waals surface area (Å²) in [5.74, 6) is 0. The Morgan fingerprint density at radius 2 is 1.53 bits per heavy atom. The number of nitrogens with zero attached hydrogens (tertiary/aromatic N) is 2. The lowest BCUT2D eigenvalue weighted by atomic mass is 10.1. The normalized spacial score (nSPS) is 10.9. The number of hydrogen-bond acceptors (Lipinski definition) is 4. The van der Waals surface area contributed by atoms with Crippen molar-refractivity contribution in [2.24, 2.45) is 14.1 Å². The van der Waals surface area contributed by atoms with E-state index in [1.165, 1.54) is 17.0 Å². The summed E-state index contributed by atoms with van der Waals surface area (Å²) in [5.41, 5.74) is 3.79. The van der Waals surface area contributed by atoms with Crippen LogP contribution in [0.2, 0.25) is 0 Å². The second-order valence-electron chi connectivity index (χ2n) is 3.96. The van der Waals surface area contributed by atoms with E-state index in [4.69, 9.17) is 18.6 Å². The van der Waals surface area contributed by atoms with Gasteiger partial charge in [-0.3, -0.25) is 0 Å². The third-order valence-electron chi connectivity index (χ3n) is 2.72.